The summed E-state index contributed by atoms with van der Waals surface area (Å²) in [4.78, 5) is 0. The molecule has 5 heteroatoms. The van der Waals surface area contributed by atoms with Crippen molar-refractivity contribution in [1.82, 2.24) is 14.8 Å². The maximum Gasteiger partial charge on any atom is 0.146 e. The fourth-order valence-corrected chi connectivity index (χ4v) is 1.48. The Morgan fingerprint density at radius 2 is 2.07 bits per heavy atom. The van der Waals surface area contributed by atoms with Gasteiger partial charge in [0.05, 0.1) is 13.2 Å². The molecule has 0 amide bonds. The molecule has 0 bridgehead atoms. The number of hydrogen-bond acceptors (Lipinski definition) is 4. The number of methoxy groups -OCH3 is 1. The van der Waals surface area contributed by atoms with Crippen molar-refractivity contribution >= 4 is 0 Å². The Kier molecular flexibility index (Phi) is 5.28. The number of aryl methyl sites for hydroxylation is 1. The fraction of sp³-hybridized carbons (Fsp3) is 0.800. The number of ether oxygens (including phenoxy) is 1. The normalized spacial score (nSPS) is 10.9. The molecule has 1 aromatic rings. The van der Waals surface area contributed by atoms with Crippen molar-refractivity contribution in [2.24, 2.45) is 5.73 Å². The van der Waals surface area contributed by atoms with Crippen LogP contribution in [0.1, 0.15) is 31.4 Å². The van der Waals surface area contributed by atoms with E-state index in [0.717, 1.165) is 37.5 Å². The number of hydrogen-bond donors (Lipinski definition) is 1. The minimum Gasteiger partial charge on any atom is -0.383 e. The topological polar surface area (TPSA) is 66.0 Å². The van der Waals surface area contributed by atoms with Gasteiger partial charge in [0.2, 0.25) is 0 Å². The largest absolute Gasteiger partial charge is 0.383 e. The smallest absolute Gasteiger partial charge is 0.146 e. The highest BCUT2D eigenvalue weighted by atomic mass is 16.5. The van der Waals surface area contributed by atoms with E-state index in [4.69, 9.17) is 10.5 Å². The first kappa shape index (κ1) is 12.1. The molecule has 86 valence electrons. The zero-order chi connectivity index (χ0) is 11.1. The van der Waals surface area contributed by atoms with Gasteiger partial charge in [0, 0.05) is 20.1 Å². The van der Waals surface area contributed by atoms with Crippen LogP contribution in [0.4, 0.5) is 0 Å². The van der Waals surface area contributed by atoms with Crippen molar-refractivity contribution in [1.29, 1.82) is 0 Å². The number of unbranched alkanes of at least 4 members (excludes halogenated alkanes) is 1. The zero-order valence-electron chi connectivity index (χ0n) is 9.57. The minimum absolute atomic E-state index is 0.433. The quantitative estimate of drug-likeness (QED) is 0.723. The Balaban J connectivity index is 2.70. The second kappa shape index (κ2) is 6.53. The summed E-state index contributed by atoms with van der Waals surface area (Å²) in [5.41, 5.74) is 5.60. The van der Waals surface area contributed by atoms with Crippen LogP contribution >= 0.6 is 0 Å². The van der Waals surface area contributed by atoms with Crippen LogP contribution in [0.15, 0.2) is 0 Å². The van der Waals surface area contributed by atoms with Crippen molar-refractivity contribution < 1.29 is 4.74 Å². The fourth-order valence-electron chi connectivity index (χ4n) is 1.48. The van der Waals surface area contributed by atoms with Crippen LogP contribution in [0.3, 0.4) is 0 Å². The molecule has 0 aliphatic rings. The molecule has 0 saturated carbocycles. The number of aromatic nitrogens is 3. The lowest BCUT2D eigenvalue weighted by Crippen LogP contribution is -2.14. The van der Waals surface area contributed by atoms with E-state index in [9.17, 15) is 0 Å². The van der Waals surface area contributed by atoms with Crippen LogP contribution in [0.2, 0.25) is 0 Å². The molecule has 0 fully saturated rings. The van der Waals surface area contributed by atoms with Crippen LogP contribution in [-0.2, 0) is 24.2 Å². The second-order valence-corrected chi connectivity index (χ2v) is 3.48. The standard InChI is InChI=1S/C10H20N4O/c1-3-4-5-9-12-13-10(8-11)14(9)6-7-15-2/h3-8,11H2,1-2H3. The Bertz CT molecular complexity index is 285. The van der Waals surface area contributed by atoms with Gasteiger partial charge in [0.25, 0.3) is 0 Å². The number of nitrogens with zero attached hydrogens (tertiary/aromatic N) is 3. The van der Waals surface area contributed by atoms with Gasteiger partial charge in [-0.2, -0.15) is 0 Å². The average molecular weight is 212 g/mol. The van der Waals surface area contributed by atoms with Crippen LogP contribution in [-0.4, -0.2) is 28.5 Å². The monoisotopic (exact) mass is 212 g/mol. The van der Waals surface area contributed by atoms with Gasteiger partial charge in [-0.3, -0.25) is 0 Å². The van der Waals surface area contributed by atoms with Crippen molar-refractivity contribution in [2.75, 3.05) is 13.7 Å². The third kappa shape index (κ3) is 3.28. The highest BCUT2D eigenvalue weighted by Gasteiger charge is 2.09. The van der Waals surface area contributed by atoms with Gasteiger partial charge in [-0.15, -0.1) is 10.2 Å². The molecule has 2 N–H and O–H groups in total. The maximum atomic E-state index is 5.60. The first-order chi connectivity index (χ1) is 7.33. The summed E-state index contributed by atoms with van der Waals surface area (Å²) >= 11 is 0. The zero-order valence-corrected chi connectivity index (χ0v) is 9.57. The average Bonchev–Trinajstić information content (AvgIpc) is 2.65. The van der Waals surface area contributed by atoms with E-state index in [1.54, 1.807) is 7.11 Å². The lowest BCUT2D eigenvalue weighted by Gasteiger charge is -2.08. The lowest BCUT2D eigenvalue weighted by molar-refractivity contribution is 0.185. The summed E-state index contributed by atoms with van der Waals surface area (Å²) in [6, 6.07) is 0. The van der Waals surface area contributed by atoms with Gasteiger partial charge >= 0.3 is 0 Å². The Morgan fingerprint density at radius 1 is 1.33 bits per heavy atom. The molecule has 1 rings (SSSR count). The second-order valence-electron chi connectivity index (χ2n) is 3.48. The molecule has 1 aromatic heterocycles. The van der Waals surface area contributed by atoms with Gasteiger partial charge < -0.3 is 15.0 Å². The molecule has 0 radical (unpaired) electrons. The Labute approximate surface area is 90.6 Å². The molecule has 0 unspecified atom stereocenters. The Hall–Kier alpha value is -0.940. The number of nitrogens with two attached hydrogens (primary N) is 1. The van der Waals surface area contributed by atoms with Gasteiger partial charge in [0.1, 0.15) is 11.6 Å². The van der Waals surface area contributed by atoms with Gasteiger partial charge in [-0.25, -0.2) is 0 Å². The highest BCUT2D eigenvalue weighted by Crippen LogP contribution is 2.05. The van der Waals surface area contributed by atoms with Crippen molar-refractivity contribution in [3.05, 3.63) is 11.6 Å². The first-order valence-corrected chi connectivity index (χ1v) is 5.43. The van der Waals surface area contributed by atoms with E-state index in [2.05, 4.69) is 21.7 Å². The third-order valence-corrected chi connectivity index (χ3v) is 2.36. The molecular formula is C10H20N4O. The highest BCUT2D eigenvalue weighted by molar-refractivity contribution is 4.95. The van der Waals surface area contributed by atoms with E-state index in [0.29, 0.717) is 13.2 Å². The van der Waals surface area contributed by atoms with E-state index in [1.807, 2.05) is 0 Å². The molecule has 0 aliphatic heterocycles. The van der Waals surface area contributed by atoms with Gasteiger partial charge in [0.15, 0.2) is 0 Å². The predicted octanol–water partition coefficient (Wildman–Crippen LogP) is 0.726. The Morgan fingerprint density at radius 3 is 2.67 bits per heavy atom. The van der Waals surface area contributed by atoms with Crippen molar-refractivity contribution in [3.8, 4) is 0 Å². The summed E-state index contributed by atoms with van der Waals surface area (Å²) in [7, 11) is 1.69. The van der Waals surface area contributed by atoms with E-state index >= 15 is 0 Å². The molecule has 5 nitrogen and oxygen atoms in total. The summed E-state index contributed by atoms with van der Waals surface area (Å²) in [6.45, 7) is 4.06. The SMILES string of the molecule is CCCCc1nnc(CN)n1CCOC. The van der Waals surface area contributed by atoms with Crippen molar-refractivity contribution in [2.45, 2.75) is 39.3 Å². The molecule has 0 spiro atoms. The third-order valence-electron chi connectivity index (χ3n) is 2.36. The first-order valence-electron chi connectivity index (χ1n) is 5.43. The summed E-state index contributed by atoms with van der Waals surface area (Å²) in [5.74, 6) is 1.87. The molecule has 0 saturated heterocycles. The van der Waals surface area contributed by atoms with Crippen molar-refractivity contribution in [3.63, 3.8) is 0 Å². The van der Waals surface area contributed by atoms with E-state index in [1.165, 1.54) is 0 Å². The van der Waals surface area contributed by atoms with Crippen LogP contribution in [0.25, 0.3) is 0 Å². The molecule has 0 atom stereocenters. The van der Waals surface area contributed by atoms with E-state index in [-0.39, 0.29) is 0 Å². The summed E-state index contributed by atoms with van der Waals surface area (Å²) < 4.78 is 7.13. The van der Waals surface area contributed by atoms with Crippen LogP contribution < -0.4 is 5.73 Å². The molecule has 1 heterocycles. The van der Waals surface area contributed by atoms with E-state index < -0.39 is 0 Å². The lowest BCUT2D eigenvalue weighted by atomic mass is 10.2. The summed E-state index contributed by atoms with van der Waals surface area (Å²) in [6.07, 6.45) is 3.26. The molecular weight excluding hydrogens is 192 g/mol. The summed E-state index contributed by atoms with van der Waals surface area (Å²) in [5, 5.41) is 8.23. The maximum absolute atomic E-state index is 5.60. The molecule has 0 aromatic carbocycles. The van der Waals surface area contributed by atoms with Gasteiger partial charge in [-0.05, 0) is 6.42 Å². The van der Waals surface area contributed by atoms with Gasteiger partial charge in [-0.1, -0.05) is 13.3 Å². The van der Waals surface area contributed by atoms with Crippen LogP contribution in [0, 0.1) is 0 Å². The van der Waals surface area contributed by atoms with Crippen LogP contribution in [0.5, 0.6) is 0 Å². The molecule has 0 aliphatic carbocycles. The predicted molar refractivity (Wildman–Crippen MR) is 58.4 cm³/mol. The number of rotatable bonds is 7. The molecule has 15 heavy (non-hydrogen) atoms. The minimum atomic E-state index is 0.433.